The van der Waals surface area contributed by atoms with Crippen LogP contribution in [-0.2, 0) is 29.0 Å². The number of nitrogens with zero attached hydrogens (tertiary/aromatic N) is 2. The van der Waals surface area contributed by atoms with Crippen molar-refractivity contribution in [2.24, 2.45) is 0 Å². The summed E-state index contributed by atoms with van der Waals surface area (Å²) in [6.07, 6.45) is 3.13. The first kappa shape index (κ1) is 14.7. The first-order valence-corrected chi connectivity index (χ1v) is 8.14. The van der Waals surface area contributed by atoms with E-state index in [1.807, 2.05) is 4.68 Å². The van der Waals surface area contributed by atoms with Crippen LogP contribution >= 0.6 is 11.3 Å². The van der Waals surface area contributed by atoms with Crippen molar-refractivity contribution in [2.45, 2.75) is 25.6 Å². The lowest BCUT2D eigenvalue weighted by molar-refractivity contribution is 0.0392. The molecule has 5 nitrogen and oxygen atoms in total. The van der Waals surface area contributed by atoms with Gasteiger partial charge in [0.1, 0.15) is 6.10 Å². The monoisotopic (exact) mass is 307 g/mol. The van der Waals surface area contributed by atoms with Gasteiger partial charge in [0.25, 0.3) is 0 Å². The van der Waals surface area contributed by atoms with E-state index in [4.69, 9.17) is 9.47 Å². The molecule has 0 radical (unpaired) electrons. The highest BCUT2D eigenvalue weighted by Crippen LogP contribution is 2.25. The summed E-state index contributed by atoms with van der Waals surface area (Å²) in [7, 11) is 1.71. The maximum Gasteiger partial charge on any atom is 0.114 e. The van der Waals surface area contributed by atoms with Gasteiger partial charge in [-0.3, -0.25) is 4.68 Å². The second-order valence-corrected chi connectivity index (χ2v) is 6.15. The molecule has 0 saturated heterocycles. The predicted molar refractivity (Wildman–Crippen MR) is 82.5 cm³/mol. The molecule has 114 valence electrons. The van der Waals surface area contributed by atoms with Crippen LogP contribution in [0.1, 0.15) is 22.2 Å². The molecule has 1 aliphatic heterocycles. The average molecular weight is 307 g/mol. The maximum atomic E-state index is 5.88. The van der Waals surface area contributed by atoms with Crippen LogP contribution in [0, 0.1) is 0 Å². The summed E-state index contributed by atoms with van der Waals surface area (Å²) in [6.45, 7) is 3.93. The first-order chi connectivity index (χ1) is 10.4. The number of rotatable bonds is 7. The first-order valence-electron chi connectivity index (χ1n) is 7.26. The van der Waals surface area contributed by atoms with Crippen LogP contribution in [0.25, 0.3) is 0 Å². The molecular formula is C15H21N3O2S. The van der Waals surface area contributed by atoms with E-state index in [-0.39, 0.29) is 6.10 Å². The SMILES string of the molecule is COCCn1cc2c(n1)C(CNCc1cccs1)OCC2. The van der Waals surface area contributed by atoms with E-state index in [1.165, 1.54) is 10.4 Å². The highest BCUT2D eigenvalue weighted by atomic mass is 32.1. The van der Waals surface area contributed by atoms with Gasteiger partial charge in [0.15, 0.2) is 0 Å². The molecular weight excluding hydrogens is 286 g/mol. The van der Waals surface area contributed by atoms with Crippen LogP contribution in [0.5, 0.6) is 0 Å². The highest BCUT2D eigenvalue weighted by molar-refractivity contribution is 7.09. The van der Waals surface area contributed by atoms with E-state index >= 15 is 0 Å². The molecule has 3 rings (SSSR count). The second kappa shape index (κ2) is 7.17. The van der Waals surface area contributed by atoms with Crippen LogP contribution in [-0.4, -0.2) is 36.6 Å². The lowest BCUT2D eigenvalue weighted by atomic mass is 10.1. The molecule has 0 amide bonds. The third kappa shape index (κ3) is 3.71. The molecule has 0 bridgehead atoms. The van der Waals surface area contributed by atoms with Gasteiger partial charge in [-0.15, -0.1) is 11.3 Å². The lowest BCUT2D eigenvalue weighted by Gasteiger charge is -2.22. The molecule has 0 fully saturated rings. The molecule has 1 atom stereocenters. The Balaban J connectivity index is 1.58. The van der Waals surface area contributed by atoms with Crippen LogP contribution < -0.4 is 5.32 Å². The van der Waals surface area contributed by atoms with Gasteiger partial charge in [0, 0.05) is 31.3 Å². The Kier molecular flexibility index (Phi) is 5.03. The molecule has 6 heteroatoms. The Hall–Kier alpha value is -1.21. The van der Waals surface area contributed by atoms with Crippen molar-refractivity contribution >= 4 is 11.3 Å². The van der Waals surface area contributed by atoms with Gasteiger partial charge >= 0.3 is 0 Å². The molecule has 2 aromatic rings. The van der Waals surface area contributed by atoms with Gasteiger partial charge in [0.05, 0.1) is 25.5 Å². The van der Waals surface area contributed by atoms with Crippen molar-refractivity contribution in [1.82, 2.24) is 15.1 Å². The number of thiophene rings is 1. The minimum atomic E-state index is 0.0532. The summed E-state index contributed by atoms with van der Waals surface area (Å²) in [5.41, 5.74) is 2.39. The summed E-state index contributed by atoms with van der Waals surface area (Å²) in [4.78, 5) is 1.34. The molecule has 0 saturated carbocycles. The molecule has 3 heterocycles. The molecule has 1 aliphatic rings. The summed E-state index contributed by atoms with van der Waals surface area (Å²) in [5.74, 6) is 0. The van der Waals surface area contributed by atoms with Gasteiger partial charge in [-0.05, 0) is 23.4 Å². The molecule has 2 aromatic heterocycles. The molecule has 1 N–H and O–H groups in total. The van der Waals surface area contributed by atoms with E-state index in [0.29, 0.717) is 6.61 Å². The smallest absolute Gasteiger partial charge is 0.114 e. The average Bonchev–Trinajstić information content (AvgIpc) is 3.14. The Bertz CT molecular complexity index is 553. The molecule has 21 heavy (non-hydrogen) atoms. The van der Waals surface area contributed by atoms with Crippen molar-refractivity contribution in [3.63, 3.8) is 0 Å². The van der Waals surface area contributed by atoms with E-state index in [9.17, 15) is 0 Å². The highest BCUT2D eigenvalue weighted by Gasteiger charge is 2.24. The third-order valence-corrected chi connectivity index (χ3v) is 4.48. The number of hydrogen-bond donors (Lipinski definition) is 1. The Labute approximate surface area is 128 Å². The Morgan fingerprint density at radius 1 is 1.57 bits per heavy atom. The molecule has 1 unspecified atom stereocenters. The fourth-order valence-electron chi connectivity index (χ4n) is 2.53. The minimum absolute atomic E-state index is 0.0532. The van der Waals surface area contributed by atoms with Crippen LogP contribution in [0.2, 0.25) is 0 Å². The van der Waals surface area contributed by atoms with Crippen LogP contribution in [0.15, 0.2) is 23.7 Å². The van der Waals surface area contributed by atoms with Crippen molar-refractivity contribution < 1.29 is 9.47 Å². The van der Waals surface area contributed by atoms with Gasteiger partial charge in [-0.25, -0.2) is 0 Å². The number of aromatic nitrogens is 2. The van der Waals surface area contributed by atoms with Crippen molar-refractivity contribution in [1.29, 1.82) is 0 Å². The quantitative estimate of drug-likeness (QED) is 0.850. The second-order valence-electron chi connectivity index (χ2n) is 5.12. The van der Waals surface area contributed by atoms with E-state index in [0.717, 1.165) is 38.4 Å². The van der Waals surface area contributed by atoms with Gasteiger partial charge < -0.3 is 14.8 Å². The van der Waals surface area contributed by atoms with Crippen molar-refractivity contribution in [3.05, 3.63) is 39.8 Å². The van der Waals surface area contributed by atoms with Crippen LogP contribution in [0.4, 0.5) is 0 Å². The zero-order valence-corrected chi connectivity index (χ0v) is 13.1. The predicted octanol–water partition coefficient (Wildman–Crippen LogP) is 1.99. The molecule has 0 aromatic carbocycles. The normalized spacial score (nSPS) is 17.9. The van der Waals surface area contributed by atoms with E-state index in [1.54, 1.807) is 18.4 Å². The topological polar surface area (TPSA) is 48.3 Å². The van der Waals surface area contributed by atoms with E-state index in [2.05, 4.69) is 34.1 Å². The summed E-state index contributed by atoms with van der Waals surface area (Å²) in [6, 6.07) is 4.22. The summed E-state index contributed by atoms with van der Waals surface area (Å²) < 4.78 is 13.0. The standard InChI is InChI=1S/C15H21N3O2S/c1-19-7-5-18-11-12-4-6-20-14(15(12)17-18)10-16-9-13-3-2-8-21-13/h2-3,8,11,14,16H,4-7,9-10H2,1H3. The number of hydrogen-bond acceptors (Lipinski definition) is 5. The van der Waals surface area contributed by atoms with Gasteiger partial charge in [-0.2, -0.15) is 5.10 Å². The van der Waals surface area contributed by atoms with Gasteiger partial charge in [-0.1, -0.05) is 6.07 Å². The molecule has 0 spiro atoms. The number of fused-ring (bicyclic) bond motifs is 1. The zero-order valence-electron chi connectivity index (χ0n) is 12.2. The van der Waals surface area contributed by atoms with Crippen molar-refractivity contribution in [3.8, 4) is 0 Å². The Morgan fingerprint density at radius 3 is 3.33 bits per heavy atom. The maximum absolute atomic E-state index is 5.88. The number of nitrogens with one attached hydrogen (secondary N) is 1. The summed E-state index contributed by atoms with van der Waals surface area (Å²) >= 11 is 1.77. The fraction of sp³-hybridized carbons (Fsp3) is 0.533. The van der Waals surface area contributed by atoms with Crippen molar-refractivity contribution in [2.75, 3.05) is 26.9 Å². The third-order valence-electron chi connectivity index (χ3n) is 3.60. The Morgan fingerprint density at radius 2 is 2.52 bits per heavy atom. The minimum Gasteiger partial charge on any atom is -0.383 e. The fourth-order valence-corrected chi connectivity index (χ4v) is 3.20. The molecule has 0 aliphatic carbocycles. The van der Waals surface area contributed by atoms with Gasteiger partial charge in [0.2, 0.25) is 0 Å². The number of methoxy groups -OCH3 is 1. The summed E-state index contributed by atoms with van der Waals surface area (Å²) in [5, 5.41) is 10.2. The van der Waals surface area contributed by atoms with Crippen LogP contribution in [0.3, 0.4) is 0 Å². The largest absolute Gasteiger partial charge is 0.383 e. The zero-order chi connectivity index (χ0) is 14.5. The lowest BCUT2D eigenvalue weighted by Crippen LogP contribution is -2.27. The number of ether oxygens (including phenoxy) is 2. The van der Waals surface area contributed by atoms with E-state index < -0.39 is 0 Å².